The third-order valence-corrected chi connectivity index (χ3v) is 3.73. The van der Waals surface area contributed by atoms with E-state index in [0.717, 1.165) is 0 Å². The molecule has 2 aromatic heterocycles. The van der Waals surface area contributed by atoms with E-state index < -0.39 is 0 Å². The van der Waals surface area contributed by atoms with Gasteiger partial charge in [-0.3, -0.25) is 9.20 Å². The molecule has 19 heavy (non-hydrogen) atoms. The standard InChI is InChI=1S/C13H11N3O2S/c14-11-9(7-8-3-1-2-4-10(8)17)12(18)15-13-16(11)5-6-19-13/h1-6,17H,7,14H2. The second kappa shape index (κ2) is 4.40. The third kappa shape index (κ3) is 1.96. The quantitative estimate of drug-likeness (QED) is 0.743. The van der Waals surface area contributed by atoms with Crippen LogP contribution in [0.25, 0.3) is 4.96 Å². The van der Waals surface area contributed by atoms with Crippen LogP contribution in [0.15, 0.2) is 40.6 Å². The van der Waals surface area contributed by atoms with Crippen molar-refractivity contribution in [2.24, 2.45) is 0 Å². The number of hydrogen-bond acceptors (Lipinski definition) is 5. The van der Waals surface area contributed by atoms with Crippen LogP contribution >= 0.6 is 11.3 Å². The lowest BCUT2D eigenvalue weighted by Gasteiger charge is -2.07. The number of benzene rings is 1. The average Bonchev–Trinajstić information content (AvgIpc) is 2.84. The summed E-state index contributed by atoms with van der Waals surface area (Å²) in [5.41, 5.74) is 6.72. The van der Waals surface area contributed by atoms with Crippen LogP contribution in [0, 0.1) is 0 Å². The fraction of sp³-hybridized carbons (Fsp3) is 0.0769. The van der Waals surface area contributed by atoms with Gasteiger partial charge in [0.05, 0.1) is 5.56 Å². The minimum Gasteiger partial charge on any atom is -0.508 e. The molecule has 0 saturated carbocycles. The first kappa shape index (κ1) is 11.7. The molecule has 0 atom stereocenters. The summed E-state index contributed by atoms with van der Waals surface area (Å²) in [7, 11) is 0. The number of phenolic OH excluding ortho intramolecular Hbond substituents is 1. The van der Waals surface area contributed by atoms with Crippen molar-refractivity contribution in [1.29, 1.82) is 0 Å². The highest BCUT2D eigenvalue weighted by atomic mass is 32.1. The fourth-order valence-corrected chi connectivity index (χ4v) is 2.68. The van der Waals surface area contributed by atoms with Crippen LogP contribution in [-0.4, -0.2) is 14.5 Å². The van der Waals surface area contributed by atoms with Gasteiger partial charge in [0.1, 0.15) is 11.6 Å². The third-order valence-electron chi connectivity index (χ3n) is 2.97. The van der Waals surface area contributed by atoms with E-state index in [2.05, 4.69) is 4.98 Å². The number of anilines is 1. The second-order valence-corrected chi connectivity index (χ2v) is 5.01. The van der Waals surface area contributed by atoms with Crippen LogP contribution in [0.5, 0.6) is 5.75 Å². The molecule has 6 heteroatoms. The van der Waals surface area contributed by atoms with Crippen LogP contribution in [0.2, 0.25) is 0 Å². The van der Waals surface area contributed by atoms with E-state index in [-0.39, 0.29) is 17.7 Å². The number of aromatic hydroxyl groups is 1. The maximum atomic E-state index is 12.0. The summed E-state index contributed by atoms with van der Waals surface area (Å²) in [6.45, 7) is 0. The number of thiazole rings is 1. The molecule has 3 rings (SSSR count). The van der Waals surface area contributed by atoms with Gasteiger partial charge in [-0.1, -0.05) is 18.2 Å². The average molecular weight is 273 g/mol. The Morgan fingerprint density at radius 3 is 2.95 bits per heavy atom. The Morgan fingerprint density at radius 1 is 1.37 bits per heavy atom. The van der Waals surface area contributed by atoms with E-state index in [1.807, 2.05) is 5.38 Å². The van der Waals surface area contributed by atoms with Gasteiger partial charge in [-0.25, -0.2) is 0 Å². The number of nitrogens with two attached hydrogens (primary N) is 1. The van der Waals surface area contributed by atoms with E-state index >= 15 is 0 Å². The van der Waals surface area contributed by atoms with Gasteiger partial charge < -0.3 is 10.8 Å². The number of phenols is 1. The smallest absolute Gasteiger partial charge is 0.279 e. The molecule has 0 amide bonds. The van der Waals surface area contributed by atoms with Crippen LogP contribution in [0.4, 0.5) is 5.82 Å². The Labute approximate surface area is 112 Å². The van der Waals surface area contributed by atoms with Crippen molar-refractivity contribution in [1.82, 2.24) is 9.38 Å². The second-order valence-electron chi connectivity index (χ2n) is 4.14. The zero-order chi connectivity index (χ0) is 13.4. The molecule has 0 aliphatic carbocycles. The monoisotopic (exact) mass is 273 g/mol. The van der Waals surface area contributed by atoms with Gasteiger partial charge in [0.15, 0.2) is 4.96 Å². The molecule has 0 radical (unpaired) electrons. The van der Waals surface area contributed by atoms with Crippen LogP contribution < -0.4 is 11.3 Å². The molecule has 1 aromatic carbocycles. The summed E-state index contributed by atoms with van der Waals surface area (Å²) < 4.78 is 1.68. The van der Waals surface area contributed by atoms with Crippen LogP contribution in [0.3, 0.4) is 0 Å². The predicted molar refractivity (Wildman–Crippen MR) is 74.7 cm³/mol. The molecule has 0 aliphatic heterocycles. The Bertz CT molecular complexity index is 807. The van der Waals surface area contributed by atoms with Crippen molar-refractivity contribution in [3.05, 3.63) is 57.3 Å². The largest absolute Gasteiger partial charge is 0.508 e. The Kier molecular flexibility index (Phi) is 2.72. The van der Waals surface area contributed by atoms with Crippen molar-refractivity contribution in [3.8, 4) is 5.75 Å². The van der Waals surface area contributed by atoms with E-state index in [9.17, 15) is 9.90 Å². The van der Waals surface area contributed by atoms with Crippen molar-refractivity contribution in [2.75, 3.05) is 5.73 Å². The highest BCUT2D eigenvalue weighted by Crippen LogP contribution is 2.22. The van der Waals surface area contributed by atoms with Gasteiger partial charge in [-0.2, -0.15) is 4.98 Å². The summed E-state index contributed by atoms with van der Waals surface area (Å²) >= 11 is 1.36. The highest BCUT2D eigenvalue weighted by Gasteiger charge is 2.13. The maximum absolute atomic E-state index is 12.0. The molecule has 2 heterocycles. The number of fused-ring (bicyclic) bond motifs is 1. The number of nitrogen functional groups attached to an aromatic ring is 1. The Morgan fingerprint density at radius 2 is 2.16 bits per heavy atom. The first-order valence-electron chi connectivity index (χ1n) is 5.68. The fourth-order valence-electron chi connectivity index (χ4n) is 1.96. The molecule has 3 N–H and O–H groups in total. The zero-order valence-corrected chi connectivity index (χ0v) is 10.7. The van der Waals surface area contributed by atoms with E-state index in [4.69, 9.17) is 5.73 Å². The summed E-state index contributed by atoms with van der Waals surface area (Å²) in [6.07, 6.45) is 2.04. The number of para-hydroxylation sites is 1. The SMILES string of the molecule is Nc1c(Cc2ccccc2O)c(=O)nc2sccn12. The number of hydrogen-bond donors (Lipinski definition) is 2. The van der Waals surface area contributed by atoms with E-state index in [1.54, 1.807) is 34.9 Å². The Hall–Kier alpha value is -2.34. The van der Waals surface area contributed by atoms with Gasteiger partial charge in [0.2, 0.25) is 0 Å². The number of nitrogens with zero attached hydrogens (tertiary/aromatic N) is 2. The lowest BCUT2D eigenvalue weighted by atomic mass is 10.1. The minimum absolute atomic E-state index is 0.150. The molecule has 0 fully saturated rings. The van der Waals surface area contributed by atoms with Gasteiger partial charge in [0.25, 0.3) is 5.56 Å². The van der Waals surface area contributed by atoms with Crippen molar-refractivity contribution < 1.29 is 5.11 Å². The molecule has 96 valence electrons. The zero-order valence-electron chi connectivity index (χ0n) is 9.91. The normalized spacial score (nSPS) is 10.9. The lowest BCUT2D eigenvalue weighted by molar-refractivity contribution is 0.469. The van der Waals surface area contributed by atoms with Crippen LogP contribution in [0.1, 0.15) is 11.1 Å². The molecule has 0 unspecified atom stereocenters. The van der Waals surface area contributed by atoms with Crippen molar-refractivity contribution >= 4 is 22.1 Å². The molecular formula is C13H11N3O2S. The molecular weight excluding hydrogens is 262 g/mol. The van der Waals surface area contributed by atoms with Gasteiger partial charge >= 0.3 is 0 Å². The maximum Gasteiger partial charge on any atom is 0.279 e. The van der Waals surface area contributed by atoms with Gasteiger partial charge in [0, 0.05) is 18.0 Å². The summed E-state index contributed by atoms with van der Waals surface area (Å²) in [6, 6.07) is 6.88. The van der Waals surface area contributed by atoms with Crippen LogP contribution in [-0.2, 0) is 6.42 Å². The van der Waals surface area contributed by atoms with Crippen molar-refractivity contribution in [3.63, 3.8) is 0 Å². The predicted octanol–water partition coefficient (Wildman–Crippen LogP) is 1.63. The Balaban J connectivity index is 2.15. The summed E-state index contributed by atoms with van der Waals surface area (Å²) in [4.78, 5) is 16.5. The number of rotatable bonds is 2. The molecule has 0 bridgehead atoms. The topological polar surface area (TPSA) is 80.6 Å². The van der Waals surface area contributed by atoms with E-state index in [1.165, 1.54) is 11.3 Å². The molecule has 3 aromatic rings. The highest BCUT2D eigenvalue weighted by molar-refractivity contribution is 7.15. The molecule has 0 saturated heterocycles. The van der Waals surface area contributed by atoms with Gasteiger partial charge in [-0.05, 0) is 11.6 Å². The minimum atomic E-state index is -0.344. The first-order valence-corrected chi connectivity index (χ1v) is 6.56. The van der Waals surface area contributed by atoms with Crippen molar-refractivity contribution in [2.45, 2.75) is 6.42 Å². The lowest BCUT2D eigenvalue weighted by Crippen LogP contribution is -2.18. The van der Waals surface area contributed by atoms with E-state index in [0.29, 0.717) is 21.9 Å². The molecule has 0 spiro atoms. The van der Waals surface area contributed by atoms with Gasteiger partial charge in [-0.15, -0.1) is 11.3 Å². The number of aromatic nitrogens is 2. The summed E-state index contributed by atoms with van der Waals surface area (Å²) in [5.74, 6) is 0.524. The summed E-state index contributed by atoms with van der Waals surface area (Å²) in [5, 5.41) is 11.6. The molecule has 5 nitrogen and oxygen atoms in total. The molecule has 0 aliphatic rings. The first-order chi connectivity index (χ1) is 9.16.